The molecule has 0 aromatic carbocycles. The van der Waals surface area contributed by atoms with E-state index in [1.54, 1.807) is 0 Å². The summed E-state index contributed by atoms with van der Waals surface area (Å²) in [5.74, 6) is 0. The fourth-order valence-corrected chi connectivity index (χ4v) is 3.38. The number of aliphatic hydroxyl groups is 2. The van der Waals surface area contributed by atoms with Crippen molar-refractivity contribution in [1.29, 1.82) is 0 Å². The fraction of sp³-hybridized carbons (Fsp3) is 0.727. The van der Waals surface area contributed by atoms with Crippen LogP contribution in [0.15, 0.2) is 0 Å². The summed E-state index contributed by atoms with van der Waals surface area (Å²) in [4.78, 5) is 7.11. The SMILES string of the molecule is OCc1sc(N2CCCCCC2CO)nc1Cl. The van der Waals surface area contributed by atoms with Gasteiger partial charge in [-0.15, -0.1) is 0 Å². The number of hydrogen-bond acceptors (Lipinski definition) is 5. The van der Waals surface area contributed by atoms with Crippen molar-refractivity contribution in [2.24, 2.45) is 0 Å². The molecule has 0 bridgehead atoms. The maximum absolute atomic E-state index is 9.43. The molecule has 2 rings (SSSR count). The highest BCUT2D eigenvalue weighted by Crippen LogP contribution is 2.32. The first kappa shape index (κ1) is 13.1. The van der Waals surface area contributed by atoms with E-state index >= 15 is 0 Å². The van der Waals surface area contributed by atoms with Crippen LogP contribution in [0.25, 0.3) is 0 Å². The number of halogens is 1. The summed E-state index contributed by atoms with van der Waals surface area (Å²) in [6, 6.07) is 0.131. The van der Waals surface area contributed by atoms with Gasteiger partial charge in [0.05, 0.1) is 24.1 Å². The molecule has 0 amide bonds. The highest BCUT2D eigenvalue weighted by atomic mass is 35.5. The Kier molecular flexibility index (Phi) is 4.62. The van der Waals surface area contributed by atoms with E-state index in [2.05, 4.69) is 9.88 Å². The second-order valence-corrected chi connectivity index (χ2v) is 5.67. The zero-order chi connectivity index (χ0) is 12.3. The van der Waals surface area contributed by atoms with E-state index in [0.717, 1.165) is 30.9 Å². The molecule has 2 N–H and O–H groups in total. The van der Waals surface area contributed by atoms with Crippen LogP contribution in [-0.4, -0.2) is 34.4 Å². The minimum absolute atomic E-state index is 0.0753. The van der Waals surface area contributed by atoms with Gasteiger partial charge in [-0.05, 0) is 12.8 Å². The molecule has 2 heterocycles. The molecule has 96 valence electrons. The van der Waals surface area contributed by atoms with E-state index in [4.69, 9.17) is 16.7 Å². The van der Waals surface area contributed by atoms with Crippen molar-refractivity contribution in [3.05, 3.63) is 10.0 Å². The number of hydrogen-bond donors (Lipinski definition) is 2. The van der Waals surface area contributed by atoms with Gasteiger partial charge in [-0.25, -0.2) is 4.98 Å². The molecule has 1 aromatic heterocycles. The van der Waals surface area contributed by atoms with E-state index in [9.17, 15) is 5.11 Å². The molecule has 1 unspecified atom stereocenters. The summed E-state index contributed by atoms with van der Waals surface area (Å²) in [6.45, 7) is 0.972. The molecule has 1 aliphatic rings. The van der Waals surface area contributed by atoms with Gasteiger partial charge in [-0.3, -0.25) is 0 Å². The zero-order valence-electron chi connectivity index (χ0n) is 9.60. The fourth-order valence-electron chi connectivity index (χ4n) is 2.16. The topological polar surface area (TPSA) is 56.6 Å². The zero-order valence-corrected chi connectivity index (χ0v) is 11.2. The van der Waals surface area contributed by atoms with Crippen molar-refractivity contribution in [2.75, 3.05) is 18.1 Å². The van der Waals surface area contributed by atoms with Crippen molar-refractivity contribution < 1.29 is 10.2 Å². The Balaban J connectivity index is 2.22. The van der Waals surface area contributed by atoms with E-state index in [-0.39, 0.29) is 19.3 Å². The minimum atomic E-state index is -0.0753. The van der Waals surface area contributed by atoms with E-state index in [1.165, 1.54) is 17.8 Å². The first-order valence-electron chi connectivity index (χ1n) is 5.89. The number of anilines is 1. The Labute approximate surface area is 110 Å². The van der Waals surface area contributed by atoms with Gasteiger partial charge in [0.1, 0.15) is 5.15 Å². The molecule has 0 spiro atoms. The van der Waals surface area contributed by atoms with Crippen LogP contribution in [0.5, 0.6) is 0 Å². The normalized spacial score (nSPS) is 21.6. The molecule has 17 heavy (non-hydrogen) atoms. The maximum atomic E-state index is 9.43. The Morgan fingerprint density at radius 1 is 1.35 bits per heavy atom. The van der Waals surface area contributed by atoms with Crippen molar-refractivity contribution in [3.8, 4) is 0 Å². The lowest BCUT2D eigenvalue weighted by Gasteiger charge is -2.27. The molecule has 1 atom stereocenters. The minimum Gasteiger partial charge on any atom is -0.394 e. The molecule has 1 aliphatic heterocycles. The Hall–Kier alpha value is -0.360. The predicted octanol–water partition coefficient (Wildman–Crippen LogP) is 2.03. The summed E-state index contributed by atoms with van der Waals surface area (Å²) in [6.07, 6.45) is 4.44. The average molecular weight is 277 g/mol. The van der Waals surface area contributed by atoms with Crippen LogP contribution in [0.1, 0.15) is 30.6 Å². The molecule has 6 heteroatoms. The van der Waals surface area contributed by atoms with Gasteiger partial charge >= 0.3 is 0 Å². The van der Waals surface area contributed by atoms with E-state index in [1.807, 2.05) is 0 Å². The number of rotatable bonds is 3. The first-order chi connectivity index (χ1) is 8.26. The number of aliphatic hydroxyl groups excluding tert-OH is 2. The highest BCUT2D eigenvalue weighted by molar-refractivity contribution is 7.16. The van der Waals surface area contributed by atoms with Crippen LogP contribution in [0.2, 0.25) is 5.15 Å². The van der Waals surface area contributed by atoms with Gasteiger partial charge in [-0.1, -0.05) is 35.8 Å². The molecule has 1 aromatic rings. The second kappa shape index (κ2) is 6.00. The average Bonchev–Trinajstić information content (AvgIpc) is 2.57. The van der Waals surface area contributed by atoms with Gasteiger partial charge in [-0.2, -0.15) is 0 Å². The quantitative estimate of drug-likeness (QED) is 0.887. The second-order valence-electron chi connectivity index (χ2n) is 4.25. The monoisotopic (exact) mass is 276 g/mol. The van der Waals surface area contributed by atoms with Gasteiger partial charge in [0.25, 0.3) is 0 Å². The third-order valence-corrected chi connectivity index (χ3v) is 4.62. The van der Waals surface area contributed by atoms with Crippen LogP contribution in [-0.2, 0) is 6.61 Å². The lowest BCUT2D eigenvalue weighted by molar-refractivity contribution is 0.255. The molecule has 0 aliphatic carbocycles. The van der Waals surface area contributed by atoms with E-state index < -0.39 is 0 Å². The highest BCUT2D eigenvalue weighted by Gasteiger charge is 2.24. The van der Waals surface area contributed by atoms with Crippen molar-refractivity contribution in [1.82, 2.24) is 4.98 Å². The summed E-state index contributed by atoms with van der Waals surface area (Å²) >= 11 is 7.36. The lowest BCUT2D eigenvalue weighted by atomic mass is 10.1. The van der Waals surface area contributed by atoms with Gasteiger partial charge < -0.3 is 15.1 Å². The smallest absolute Gasteiger partial charge is 0.187 e. The van der Waals surface area contributed by atoms with Crippen LogP contribution in [0.4, 0.5) is 5.13 Å². The Morgan fingerprint density at radius 2 is 2.18 bits per heavy atom. The van der Waals surface area contributed by atoms with Crippen LogP contribution in [0.3, 0.4) is 0 Å². The number of thiazole rings is 1. The Bertz CT molecular complexity index is 372. The number of nitrogens with zero attached hydrogens (tertiary/aromatic N) is 2. The third kappa shape index (κ3) is 2.91. The molecule has 1 saturated heterocycles. The molecule has 1 fully saturated rings. The van der Waals surface area contributed by atoms with Crippen LogP contribution >= 0.6 is 22.9 Å². The predicted molar refractivity (Wildman–Crippen MR) is 69.7 cm³/mol. The summed E-state index contributed by atoms with van der Waals surface area (Å²) < 4.78 is 0. The molecule has 0 saturated carbocycles. The molecule has 4 nitrogen and oxygen atoms in total. The first-order valence-corrected chi connectivity index (χ1v) is 7.09. The van der Waals surface area contributed by atoms with Crippen molar-refractivity contribution >= 4 is 28.1 Å². The summed E-state index contributed by atoms with van der Waals surface area (Å²) in [5, 5.41) is 19.8. The van der Waals surface area contributed by atoms with Gasteiger partial charge in [0.15, 0.2) is 5.13 Å². The Morgan fingerprint density at radius 3 is 2.82 bits per heavy atom. The van der Waals surface area contributed by atoms with Gasteiger partial charge in [0, 0.05) is 6.54 Å². The van der Waals surface area contributed by atoms with Crippen molar-refractivity contribution in [3.63, 3.8) is 0 Å². The van der Waals surface area contributed by atoms with Crippen LogP contribution < -0.4 is 4.90 Å². The van der Waals surface area contributed by atoms with Gasteiger partial charge in [0.2, 0.25) is 0 Å². The standard InChI is InChI=1S/C11H17ClN2O2S/c12-10-9(7-16)17-11(13-10)14-5-3-1-2-4-8(14)6-15/h8,15-16H,1-7H2. The molecule has 0 radical (unpaired) electrons. The van der Waals surface area contributed by atoms with Crippen LogP contribution in [0, 0.1) is 0 Å². The molecular weight excluding hydrogens is 260 g/mol. The summed E-state index contributed by atoms with van der Waals surface area (Å²) in [7, 11) is 0. The lowest BCUT2D eigenvalue weighted by Crippen LogP contribution is -2.37. The molecular formula is C11H17ClN2O2S. The largest absolute Gasteiger partial charge is 0.394 e. The van der Waals surface area contributed by atoms with Crippen molar-refractivity contribution in [2.45, 2.75) is 38.3 Å². The summed E-state index contributed by atoms with van der Waals surface area (Å²) in [5.41, 5.74) is 0. The van der Waals surface area contributed by atoms with E-state index in [0.29, 0.717) is 10.0 Å². The third-order valence-electron chi connectivity index (χ3n) is 3.12. The number of aromatic nitrogens is 1. The maximum Gasteiger partial charge on any atom is 0.187 e.